The maximum absolute atomic E-state index is 12.3. The van der Waals surface area contributed by atoms with Crippen LogP contribution < -0.4 is 0 Å². The van der Waals surface area contributed by atoms with Crippen molar-refractivity contribution in [1.82, 2.24) is 4.98 Å². The van der Waals surface area contributed by atoms with Gasteiger partial charge in [0.05, 0.1) is 11.9 Å². The van der Waals surface area contributed by atoms with Gasteiger partial charge >= 0.3 is 0 Å². The fourth-order valence-corrected chi connectivity index (χ4v) is 2.42. The van der Waals surface area contributed by atoms with E-state index < -0.39 is 5.92 Å². The summed E-state index contributed by atoms with van der Waals surface area (Å²) in [5, 5.41) is 7.94. The smallest absolute Gasteiger partial charge is 0.180 e. The quantitative estimate of drug-likeness (QED) is 0.495. The van der Waals surface area contributed by atoms with Crippen LogP contribution in [-0.4, -0.2) is 28.5 Å². The van der Waals surface area contributed by atoms with E-state index in [2.05, 4.69) is 15.2 Å². The van der Waals surface area contributed by atoms with Crippen LogP contribution in [0.25, 0.3) is 0 Å². The molecule has 0 fully saturated rings. The molecule has 0 saturated carbocycles. The Balaban J connectivity index is 1.83. The van der Waals surface area contributed by atoms with Gasteiger partial charge < -0.3 is 0 Å². The van der Waals surface area contributed by atoms with E-state index in [9.17, 15) is 9.59 Å². The van der Waals surface area contributed by atoms with Crippen molar-refractivity contribution in [3.8, 4) is 0 Å². The average Bonchev–Trinajstić information content (AvgIpc) is 2.80. The summed E-state index contributed by atoms with van der Waals surface area (Å²) in [6.07, 6.45) is 4.85. The standard InChI is InChI=1S/C17H13N3O2/c1-11(20-19-10-12-5-4-8-18-9-12)15-16(21)13-6-2-3-7-14(13)17(15)22/h2-10,15H,1H3/b19-10+,20-11+. The van der Waals surface area contributed by atoms with Crippen LogP contribution in [0.5, 0.6) is 0 Å². The Hall–Kier alpha value is -2.95. The Labute approximate surface area is 127 Å². The summed E-state index contributed by atoms with van der Waals surface area (Å²) < 4.78 is 0. The Morgan fingerprint density at radius 2 is 1.77 bits per heavy atom. The predicted molar refractivity (Wildman–Crippen MR) is 83.5 cm³/mol. The second kappa shape index (κ2) is 5.81. The molecule has 0 amide bonds. The lowest BCUT2D eigenvalue weighted by atomic mass is 9.99. The molecule has 0 bridgehead atoms. The summed E-state index contributed by atoms with van der Waals surface area (Å²) in [5.41, 5.74) is 2.12. The number of ketones is 2. The van der Waals surface area contributed by atoms with Gasteiger partial charge in [-0.05, 0) is 13.0 Å². The van der Waals surface area contributed by atoms with Gasteiger partial charge in [-0.2, -0.15) is 10.2 Å². The maximum Gasteiger partial charge on any atom is 0.180 e. The topological polar surface area (TPSA) is 71.8 Å². The summed E-state index contributed by atoms with van der Waals surface area (Å²) in [4.78, 5) is 28.6. The highest BCUT2D eigenvalue weighted by Gasteiger charge is 2.40. The molecule has 0 unspecified atom stereocenters. The molecule has 1 aliphatic carbocycles. The summed E-state index contributed by atoms with van der Waals surface area (Å²) in [6, 6.07) is 10.5. The lowest BCUT2D eigenvalue weighted by molar-refractivity contribution is 0.0883. The third kappa shape index (κ3) is 2.48. The van der Waals surface area contributed by atoms with E-state index in [1.54, 1.807) is 49.6 Å². The minimum Gasteiger partial charge on any atom is -0.293 e. The number of hydrogen-bond acceptors (Lipinski definition) is 5. The molecule has 1 aromatic heterocycles. The third-order valence-corrected chi connectivity index (χ3v) is 3.51. The van der Waals surface area contributed by atoms with Gasteiger partial charge in [-0.15, -0.1) is 0 Å². The number of pyridine rings is 1. The van der Waals surface area contributed by atoms with E-state index in [1.807, 2.05) is 6.07 Å². The third-order valence-electron chi connectivity index (χ3n) is 3.51. The number of Topliss-reactive ketones (excluding diaryl/α,β-unsaturated/α-hetero) is 2. The largest absolute Gasteiger partial charge is 0.293 e. The molecular formula is C17H13N3O2. The molecule has 1 aromatic carbocycles. The lowest BCUT2D eigenvalue weighted by Gasteiger charge is -2.03. The van der Waals surface area contributed by atoms with E-state index in [-0.39, 0.29) is 11.6 Å². The number of fused-ring (bicyclic) bond motifs is 1. The Kier molecular flexibility index (Phi) is 3.70. The van der Waals surface area contributed by atoms with Gasteiger partial charge in [-0.1, -0.05) is 30.3 Å². The molecule has 2 aromatic rings. The molecule has 0 aliphatic heterocycles. The fourth-order valence-electron chi connectivity index (χ4n) is 2.42. The van der Waals surface area contributed by atoms with Crippen molar-refractivity contribution in [3.05, 3.63) is 65.5 Å². The highest BCUT2D eigenvalue weighted by Crippen LogP contribution is 2.27. The van der Waals surface area contributed by atoms with Crippen LogP contribution in [0, 0.1) is 5.92 Å². The number of nitrogens with zero attached hydrogens (tertiary/aromatic N) is 3. The molecule has 1 heterocycles. The van der Waals surface area contributed by atoms with Crippen molar-refractivity contribution in [1.29, 1.82) is 0 Å². The van der Waals surface area contributed by atoms with Crippen molar-refractivity contribution in [3.63, 3.8) is 0 Å². The van der Waals surface area contributed by atoms with Crippen LogP contribution in [0.15, 0.2) is 59.0 Å². The van der Waals surface area contributed by atoms with Crippen LogP contribution in [0.2, 0.25) is 0 Å². The molecule has 0 N–H and O–H groups in total. The van der Waals surface area contributed by atoms with Crippen molar-refractivity contribution in [2.24, 2.45) is 16.1 Å². The molecule has 22 heavy (non-hydrogen) atoms. The van der Waals surface area contributed by atoms with Crippen molar-refractivity contribution < 1.29 is 9.59 Å². The van der Waals surface area contributed by atoms with Crippen LogP contribution in [0.4, 0.5) is 0 Å². The van der Waals surface area contributed by atoms with E-state index in [0.717, 1.165) is 5.56 Å². The van der Waals surface area contributed by atoms with Crippen LogP contribution in [0.1, 0.15) is 33.2 Å². The molecule has 3 rings (SSSR count). The first-order chi connectivity index (χ1) is 10.7. The zero-order valence-electron chi connectivity index (χ0n) is 11.9. The summed E-state index contributed by atoms with van der Waals surface area (Å²) in [5.74, 6) is -1.28. The molecule has 5 nitrogen and oxygen atoms in total. The second-order valence-corrected chi connectivity index (χ2v) is 4.98. The molecule has 108 valence electrons. The zero-order chi connectivity index (χ0) is 15.5. The minimum absolute atomic E-state index is 0.210. The zero-order valence-corrected chi connectivity index (χ0v) is 11.9. The van der Waals surface area contributed by atoms with E-state index in [0.29, 0.717) is 16.8 Å². The first-order valence-corrected chi connectivity index (χ1v) is 6.83. The SMILES string of the molecule is C/C(=N\N=C\c1cccnc1)C1C(=O)c2ccccc2C1=O. The van der Waals surface area contributed by atoms with E-state index >= 15 is 0 Å². The molecule has 0 radical (unpaired) electrons. The number of hydrogen-bond donors (Lipinski definition) is 0. The highest BCUT2D eigenvalue weighted by atomic mass is 16.2. The Morgan fingerprint density at radius 3 is 2.36 bits per heavy atom. The van der Waals surface area contributed by atoms with Crippen LogP contribution >= 0.6 is 0 Å². The van der Waals surface area contributed by atoms with Gasteiger partial charge in [0.15, 0.2) is 11.6 Å². The predicted octanol–water partition coefficient (Wildman–Crippen LogP) is 2.57. The summed E-state index contributed by atoms with van der Waals surface area (Å²) in [7, 11) is 0. The van der Waals surface area contributed by atoms with Crippen molar-refractivity contribution >= 4 is 23.5 Å². The number of carbonyl (C=O) groups excluding carboxylic acids is 2. The lowest BCUT2D eigenvalue weighted by Crippen LogP contribution is -2.23. The molecule has 0 atom stereocenters. The van der Waals surface area contributed by atoms with Crippen LogP contribution in [0.3, 0.4) is 0 Å². The molecule has 0 spiro atoms. The van der Waals surface area contributed by atoms with E-state index in [4.69, 9.17) is 0 Å². The van der Waals surface area contributed by atoms with Crippen LogP contribution in [-0.2, 0) is 0 Å². The van der Waals surface area contributed by atoms with Gasteiger partial charge in [0, 0.05) is 29.1 Å². The Morgan fingerprint density at radius 1 is 1.09 bits per heavy atom. The van der Waals surface area contributed by atoms with Gasteiger partial charge in [-0.25, -0.2) is 0 Å². The van der Waals surface area contributed by atoms with E-state index in [1.165, 1.54) is 6.21 Å². The minimum atomic E-state index is -0.858. The van der Waals surface area contributed by atoms with Gasteiger partial charge in [0.2, 0.25) is 0 Å². The second-order valence-electron chi connectivity index (χ2n) is 4.98. The fraction of sp³-hybridized carbons (Fsp3) is 0.118. The van der Waals surface area contributed by atoms with Gasteiger partial charge in [0.1, 0.15) is 5.92 Å². The number of aromatic nitrogens is 1. The summed E-state index contributed by atoms with van der Waals surface area (Å²) >= 11 is 0. The highest BCUT2D eigenvalue weighted by molar-refractivity contribution is 6.36. The van der Waals surface area contributed by atoms with Gasteiger partial charge in [-0.3, -0.25) is 14.6 Å². The first-order valence-electron chi connectivity index (χ1n) is 6.83. The number of carbonyl (C=O) groups is 2. The van der Waals surface area contributed by atoms with Gasteiger partial charge in [0.25, 0.3) is 0 Å². The first kappa shape index (κ1) is 14.0. The molecule has 1 aliphatic rings. The summed E-state index contributed by atoms with van der Waals surface area (Å²) in [6.45, 7) is 1.65. The number of benzene rings is 1. The monoisotopic (exact) mass is 291 g/mol. The molecule has 0 saturated heterocycles. The average molecular weight is 291 g/mol. The maximum atomic E-state index is 12.3. The normalized spacial score (nSPS) is 15.6. The molecule has 5 heteroatoms. The van der Waals surface area contributed by atoms with Crippen molar-refractivity contribution in [2.75, 3.05) is 0 Å². The Bertz CT molecular complexity index is 760. The molecular weight excluding hydrogens is 278 g/mol. The van der Waals surface area contributed by atoms with Crippen molar-refractivity contribution in [2.45, 2.75) is 6.92 Å². The number of rotatable bonds is 3.